The Morgan fingerprint density at radius 2 is 1.90 bits per heavy atom. The van der Waals surface area contributed by atoms with Crippen LogP contribution in [0, 0.1) is 0 Å². The van der Waals surface area contributed by atoms with Gasteiger partial charge in [0.1, 0.15) is 0 Å². The molecule has 0 aliphatic heterocycles. The number of hydrogen-bond acceptors (Lipinski definition) is 1. The second-order valence-electron chi connectivity index (χ2n) is 4.90. The van der Waals surface area contributed by atoms with E-state index < -0.39 is 0 Å². The molecule has 20 heavy (non-hydrogen) atoms. The molecule has 0 amide bonds. The molecule has 0 saturated carbocycles. The Bertz CT molecular complexity index is 409. The Balaban J connectivity index is 2.04. The van der Waals surface area contributed by atoms with Gasteiger partial charge < -0.3 is 4.74 Å². The highest BCUT2D eigenvalue weighted by Crippen LogP contribution is 2.02. The molecule has 1 nitrogen and oxygen atoms in total. The Hall–Kier alpha value is -1.34. The van der Waals surface area contributed by atoms with E-state index in [9.17, 15) is 0 Å². The van der Waals surface area contributed by atoms with Crippen LogP contribution in [0.1, 0.15) is 52.4 Å². The Morgan fingerprint density at radius 1 is 1.05 bits per heavy atom. The molecule has 0 radical (unpaired) electrons. The highest BCUT2D eigenvalue weighted by atomic mass is 16.5. The van der Waals surface area contributed by atoms with Crippen LogP contribution in [0.4, 0.5) is 0 Å². The summed E-state index contributed by atoms with van der Waals surface area (Å²) in [5.41, 5.74) is 1.18. The molecule has 0 heterocycles. The van der Waals surface area contributed by atoms with Crippen molar-refractivity contribution in [2.45, 2.75) is 52.1 Å². The average molecular weight is 273 g/mol. The maximum Gasteiger partial charge on any atom is 0.0717 e. The van der Waals surface area contributed by atoms with Crippen LogP contribution in [-0.2, 0) is 11.3 Å². The predicted molar refractivity (Wildman–Crippen MR) is 87.8 cm³/mol. The maximum absolute atomic E-state index is 7.85. The van der Waals surface area contributed by atoms with Crippen molar-refractivity contribution in [3.05, 3.63) is 60.2 Å². The molecule has 0 saturated heterocycles. The first-order valence-electron chi connectivity index (χ1n) is 8.25. The van der Waals surface area contributed by atoms with Gasteiger partial charge >= 0.3 is 0 Å². The zero-order valence-electron chi connectivity index (χ0n) is 13.7. The highest BCUT2D eigenvalue weighted by Gasteiger charge is 1.89. The number of allylic oxidation sites excluding steroid dienone is 3. The number of hydrogen-bond donors (Lipinski definition) is 0. The normalized spacial score (nSPS) is 12.8. The largest absolute Gasteiger partial charge is 0.376 e. The van der Waals surface area contributed by atoms with E-state index >= 15 is 0 Å². The van der Waals surface area contributed by atoms with Crippen molar-refractivity contribution in [3.63, 3.8) is 0 Å². The summed E-state index contributed by atoms with van der Waals surface area (Å²) in [4.78, 5) is 0. The average Bonchev–Trinajstić information content (AvgIpc) is 2.52. The van der Waals surface area contributed by atoms with Gasteiger partial charge in [0.25, 0.3) is 0 Å². The van der Waals surface area contributed by atoms with Crippen molar-refractivity contribution in [1.82, 2.24) is 0 Å². The predicted octanol–water partition coefficient (Wildman–Crippen LogP) is 5.68. The number of ether oxygens (including phenoxy) is 1. The molecule has 0 atom stereocenters. The molecule has 0 aliphatic rings. The van der Waals surface area contributed by atoms with Gasteiger partial charge in [-0.15, -0.1) is 0 Å². The molecule has 1 aromatic rings. The number of rotatable bonds is 11. The SMILES string of the molecule is [2H]/C(=C/C/C=C\CCCCC)CCOCc1ccccc1. The lowest BCUT2D eigenvalue weighted by atomic mass is 10.2. The van der Waals surface area contributed by atoms with Gasteiger partial charge in [0.15, 0.2) is 0 Å². The van der Waals surface area contributed by atoms with Gasteiger partial charge in [-0.3, -0.25) is 0 Å². The van der Waals surface area contributed by atoms with E-state index in [1.54, 1.807) is 0 Å². The first kappa shape index (κ1) is 15.1. The molecule has 0 aliphatic carbocycles. The fourth-order valence-electron chi connectivity index (χ4n) is 1.88. The molecule has 0 aromatic heterocycles. The standard InChI is InChI=1S/C19H28O/c1-2-3-4-5-6-7-8-9-10-14-17-20-18-19-15-12-11-13-16-19/h6-7,9-13,15-16H,2-5,8,14,17-18H2,1H3/b7-6-,10-9-/i10D. The van der Waals surface area contributed by atoms with Gasteiger partial charge in [-0.25, -0.2) is 0 Å². The molecule has 0 N–H and O–H groups in total. The van der Waals surface area contributed by atoms with Gasteiger partial charge in [-0.1, -0.05) is 74.4 Å². The second-order valence-corrected chi connectivity index (χ2v) is 4.90. The van der Waals surface area contributed by atoms with E-state index in [1.165, 1.54) is 24.8 Å². The molecule has 0 fully saturated rings. The van der Waals surface area contributed by atoms with Crippen molar-refractivity contribution in [3.8, 4) is 0 Å². The van der Waals surface area contributed by atoms with Gasteiger partial charge in [0.2, 0.25) is 0 Å². The molecule has 0 spiro atoms. The van der Waals surface area contributed by atoms with E-state index in [0.717, 1.165) is 12.8 Å². The smallest absolute Gasteiger partial charge is 0.0717 e. The van der Waals surface area contributed by atoms with Crippen molar-refractivity contribution in [1.29, 1.82) is 0 Å². The van der Waals surface area contributed by atoms with E-state index in [-0.39, 0.29) is 0 Å². The summed E-state index contributed by atoms with van der Waals surface area (Å²) in [5, 5.41) is 0. The van der Waals surface area contributed by atoms with Crippen LogP contribution in [0.15, 0.2) is 54.6 Å². The van der Waals surface area contributed by atoms with Gasteiger partial charge in [-0.05, 0) is 31.2 Å². The third kappa shape index (κ3) is 9.57. The summed E-state index contributed by atoms with van der Waals surface area (Å²) in [5.74, 6) is 0. The van der Waals surface area contributed by atoms with Crippen molar-refractivity contribution < 1.29 is 6.11 Å². The first-order valence-corrected chi connectivity index (χ1v) is 7.75. The van der Waals surface area contributed by atoms with Gasteiger partial charge in [0, 0.05) is 0 Å². The fourth-order valence-corrected chi connectivity index (χ4v) is 1.88. The van der Waals surface area contributed by atoms with Crippen LogP contribution in [0.3, 0.4) is 0 Å². The zero-order valence-corrected chi connectivity index (χ0v) is 12.7. The van der Waals surface area contributed by atoms with Gasteiger partial charge in [0.05, 0.1) is 14.6 Å². The minimum absolute atomic E-state index is 0.616. The minimum atomic E-state index is 0.616. The highest BCUT2D eigenvalue weighted by molar-refractivity contribution is 5.13. The lowest BCUT2D eigenvalue weighted by molar-refractivity contribution is 0.125. The van der Waals surface area contributed by atoms with Crippen molar-refractivity contribution in [2.75, 3.05) is 6.61 Å². The van der Waals surface area contributed by atoms with Crippen LogP contribution in [0.2, 0.25) is 0 Å². The fraction of sp³-hybridized carbons (Fsp3) is 0.474. The number of benzene rings is 1. The molecule has 1 heteroatoms. The molecule has 110 valence electrons. The van der Waals surface area contributed by atoms with E-state index in [4.69, 9.17) is 6.11 Å². The van der Waals surface area contributed by atoms with Crippen LogP contribution in [0.5, 0.6) is 0 Å². The molecule has 0 bridgehead atoms. The third-order valence-corrected chi connectivity index (χ3v) is 3.04. The van der Waals surface area contributed by atoms with Crippen LogP contribution in [-0.4, -0.2) is 6.61 Å². The van der Waals surface area contributed by atoms with Crippen LogP contribution < -0.4 is 0 Å². The summed E-state index contributed by atoms with van der Waals surface area (Å²) in [7, 11) is 0. The Kier molecular flexibility index (Phi) is 9.55. The van der Waals surface area contributed by atoms with Crippen LogP contribution >= 0.6 is 0 Å². The van der Waals surface area contributed by atoms with Gasteiger partial charge in [-0.2, -0.15) is 0 Å². The monoisotopic (exact) mass is 273 g/mol. The lowest BCUT2D eigenvalue weighted by Gasteiger charge is -2.01. The Labute approximate surface area is 125 Å². The third-order valence-electron chi connectivity index (χ3n) is 3.04. The quantitative estimate of drug-likeness (QED) is 0.372. The molecule has 1 rings (SSSR count). The lowest BCUT2D eigenvalue weighted by Crippen LogP contribution is -1.93. The summed E-state index contributed by atoms with van der Waals surface area (Å²) >= 11 is 0. The summed E-state index contributed by atoms with van der Waals surface area (Å²) in [6, 6.07) is 10.8. The molecule has 0 unspecified atom stereocenters. The van der Waals surface area contributed by atoms with Crippen molar-refractivity contribution >= 4 is 0 Å². The minimum Gasteiger partial charge on any atom is -0.376 e. The number of unbranched alkanes of at least 4 members (excludes halogenated alkanes) is 3. The molecular weight excluding hydrogens is 244 g/mol. The maximum atomic E-state index is 7.85. The van der Waals surface area contributed by atoms with E-state index in [0.29, 0.717) is 25.7 Å². The summed E-state index contributed by atoms with van der Waals surface area (Å²) in [6.07, 6.45) is 12.9. The first-order chi connectivity index (χ1) is 10.3. The second kappa shape index (κ2) is 12.7. The molecule has 1 aromatic carbocycles. The summed E-state index contributed by atoms with van der Waals surface area (Å²) < 4.78 is 13.4. The van der Waals surface area contributed by atoms with E-state index in [1.807, 2.05) is 24.3 Å². The molecular formula is C19H28O. The Morgan fingerprint density at radius 3 is 2.70 bits per heavy atom. The topological polar surface area (TPSA) is 9.23 Å². The van der Waals surface area contributed by atoms with Crippen LogP contribution in [0.25, 0.3) is 0 Å². The van der Waals surface area contributed by atoms with E-state index in [2.05, 4.69) is 31.2 Å². The zero-order chi connectivity index (χ0) is 15.2. The van der Waals surface area contributed by atoms with Crippen molar-refractivity contribution in [2.24, 2.45) is 0 Å². The summed E-state index contributed by atoms with van der Waals surface area (Å²) in [6.45, 7) is 3.47.